The lowest BCUT2D eigenvalue weighted by Crippen LogP contribution is -2.34. The second-order valence-corrected chi connectivity index (χ2v) is 5.75. The van der Waals surface area contributed by atoms with E-state index in [9.17, 15) is 9.90 Å². The first-order valence-electron chi connectivity index (χ1n) is 6.71. The Morgan fingerprint density at radius 2 is 2.35 bits per heavy atom. The van der Waals surface area contributed by atoms with E-state index in [4.69, 9.17) is 0 Å². The van der Waals surface area contributed by atoms with Crippen molar-refractivity contribution >= 4 is 22.8 Å². The minimum Gasteiger partial charge on any atom is -0.395 e. The van der Waals surface area contributed by atoms with Crippen molar-refractivity contribution in [2.24, 2.45) is 0 Å². The van der Waals surface area contributed by atoms with Gasteiger partial charge in [-0.1, -0.05) is 6.92 Å². The van der Waals surface area contributed by atoms with Crippen LogP contribution in [0.3, 0.4) is 0 Å². The smallest absolute Gasteiger partial charge is 0.275 e. The standard InChI is InChI=1S/C13H20N4O2S/c1-2-3-20-7-10(6-18)14-4-9-5-15-12-11(9)16-8-17-13(12)19/h5,8,10,14-15,18H,2-4,6-7H2,1H3,(H,16,17,19). The number of nitrogens with zero attached hydrogens (tertiary/aromatic N) is 1. The van der Waals surface area contributed by atoms with Gasteiger partial charge >= 0.3 is 0 Å². The summed E-state index contributed by atoms with van der Waals surface area (Å²) in [5, 5.41) is 12.7. The summed E-state index contributed by atoms with van der Waals surface area (Å²) in [4.78, 5) is 21.2. The number of aliphatic hydroxyl groups is 1. The van der Waals surface area contributed by atoms with E-state index in [0.29, 0.717) is 17.6 Å². The maximum Gasteiger partial charge on any atom is 0.275 e. The van der Waals surface area contributed by atoms with Crippen LogP contribution in [0.15, 0.2) is 17.3 Å². The van der Waals surface area contributed by atoms with Gasteiger partial charge in [0.2, 0.25) is 0 Å². The Morgan fingerprint density at radius 1 is 1.50 bits per heavy atom. The SMILES string of the molecule is CCCSCC(CO)NCc1c[nH]c2c(=O)[nH]cnc12. The van der Waals surface area contributed by atoms with Crippen LogP contribution in [0.4, 0.5) is 0 Å². The first-order valence-corrected chi connectivity index (χ1v) is 7.87. The van der Waals surface area contributed by atoms with Crippen LogP contribution in [0.2, 0.25) is 0 Å². The monoisotopic (exact) mass is 296 g/mol. The third-order valence-electron chi connectivity index (χ3n) is 3.02. The lowest BCUT2D eigenvalue weighted by Gasteiger charge is -2.15. The normalized spacial score (nSPS) is 12.9. The van der Waals surface area contributed by atoms with Gasteiger partial charge in [-0.15, -0.1) is 0 Å². The lowest BCUT2D eigenvalue weighted by molar-refractivity contribution is 0.253. The fraction of sp³-hybridized carbons (Fsp3) is 0.538. The largest absolute Gasteiger partial charge is 0.395 e. The van der Waals surface area contributed by atoms with Crippen LogP contribution in [-0.2, 0) is 6.54 Å². The highest BCUT2D eigenvalue weighted by molar-refractivity contribution is 7.99. The van der Waals surface area contributed by atoms with Crippen molar-refractivity contribution in [2.75, 3.05) is 18.1 Å². The lowest BCUT2D eigenvalue weighted by atomic mass is 10.2. The highest BCUT2D eigenvalue weighted by Crippen LogP contribution is 2.12. The Hall–Kier alpha value is -1.31. The van der Waals surface area contributed by atoms with Crippen LogP contribution in [0.25, 0.3) is 11.0 Å². The summed E-state index contributed by atoms with van der Waals surface area (Å²) >= 11 is 1.83. The fourth-order valence-corrected chi connectivity index (χ4v) is 2.90. The van der Waals surface area contributed by atoms with Gasteiger partial charge in [-0.05, 0) is 12.2 Å². The van der Waals surface area contributed by atoms with Gasteiger partial charge in [-0.3, -0.25) is 4.79 Å². The molecule has 20 heavy (non-hydrogen) atoms. The molecule has 0 radical (unpaired) electrons. The molecule has 0 aromatic carbocycles. The number of aliphatic hydroxyl groups excluding tert-OH is 1. The molecule has 0 amide bonds. The first-order chi connectivity index (χ1) is 9.76. The Morgan fingerprint density at radius 3 is 3.10 bits per heavy atom. The second kappa shape index (κ2) is 7.47. The molecule has 0 fully saturated rings. The van der Waals surface area contributed by atoms with E-state index >= 15 is 0 Å². The van der Waals surface area contributed by atoms with Gasteiger partial charge in [-0.25, -0.2) is 4.98 Å². The number of thioether (sulfide) groups is 1. The summed E-state index contributed by atoms with van der Waals surface area (Å²) in [5.74, 6) is 1.98. The summed E-state index contributed by atoms with van der Waals surface area (Å²) < 4.78 is 0. The van der Waals surface area contributed by atoms with Gasteiger partial charge < -0.3 is 20.4 Å². The van der Waals surface area contributed by atoms with Crippen molar-refractivity contribution in [2.45, 2.75) is 25.9 Å². The van der Waals surface area contributed by atoms with Crippen LogP contribution in [0, 0.1) is 0 Å². The van der Waals surface area contributed by atoms with Gasteiger partial charge in [0.15, 0.2) is 0 Å². The third kappa shape index (κ3) is 3.62. The summed E-state index contributed by atoms with van der Waals surface area (Å²) in [6.07, 6.45) is 4.33. The number of hydrogen-bond donors (Lipinski definition) is 4. The van der Waals surface area contributed by atoms with E-state index in [0.717, 1.165) is 23.5 Å². The fourth-order valence-electron chi connectivity index (χ4n) is 1.94. The van der Waals surface area contributed by atoms with Crippen LogP contribution in [0.5, 0.6) is 0 Å². The summed E-state index contributed by atoms with van der Waals surface area (Å²) in [6.45, 7) is 2.82. The molecule has 6 nitrogen and oxygen atoms in total. The molecule has 2 heterocycles. The minimum atomic E-state index is -0.168. The van der Waals surface area contributed by atoms with Crippen LogP contribution in [-0.4, -0.2) is 44.2 Å². The molecule has 0 spiro atoms. The van der Waals surface area contributed by atoms with E-state index < -0.39 is 0 Å². The number of rotatable bonds is 8. The van der Waals surface area contributed by atoms with E-state index in [1.807, 2.05) is 11.8 Å². The van der Waals surface area contributed by atoms with E-state index in [2.05, 4.69) is 27.2 Å². The molecular weight excluding hydrogens is 276 g/mol. The van der Waals surface area contributed by atoms with Crippen molar-refractivity contribution in [1.29, 1.82) is 0 Å². The zero-order chi connectivity index (χ0) is 14.4. The molecular formula is C13H20N4O2S. The molecule has 2 rings (SSSR count). The summed E-state index contributed by atoms with van der Waals surface area (Å²) in [5.41, 5.74) is 1.94. The molecule has 0 saturated heterocycles. The molecule has 110 valence electrons. The zero-order valence-corrected chi connectivity index (χ0v) is 12.3. The second-order valence-electron chi connectivity index (χ2n) is 4.60. The average molecular weight is 296 g/mol. The maximum atomic E-state index is 11.6. The molecule has 0 aliphatic heterocycles. The zero-order valence-electron chi connectivity index (χ0n) is 11.5. The van der Waals surface area contributed by atoms with Gasteiger partial charge in [0.1, 0.15) is 5.52 Å². The van der Waals surface area contributed by atoms with E-state index in [1.54, 1.807) is 6.20 Å². The predicted molar refractivity (Wildman–Crippen MR) is 82.0 cm³/mol. The molecule has 2 aromatic heterocycles. The number of fused-ring (bicyclic) bond motifs is 1. The van der Waals surface area contributed by atoms with Crippen molar-refractivity contribution in [3.63, 3.8) is 0 Å². The van der Waals surface area contributed by atoms with E-state index in [-0.39, 0.29) is 18.2 Å². The van der Waals surface area contributed by atoms with Crippen LogP contribution >= 0.6 is 11.8 Å². The highest BCUT2D eigenvalue weighted by atomic mass is 32.2. The minimum absolute atomic E-state index is 0.0542. The molecule has 2 aromatic rings. The molecule has 0 bridgehead atoms. The summed E-state index contributed by atoms with van der Waals surface area (Å²) in [7, 11) is 0. The highest BCUT2D eigenvalue weighted by Gasteiger charge is 2.11. The Kier molecular flexibility index (Phi) is 5.63. The molecule has 7 heteroatoms. The van der Waals surface area contributed by atoms with Crippen LogP contribution < -0.4 is 10.9 Å². The van der Waals surface area contributed by atoms with Crippen molar-refractivity contribution in [3.8, 4) is 0 Å². The topological polar surface area (TPSA) is 93.8 Å². The maximum absolute atomic E-state index is 11.6. The third-order valence-corrected chi connectivity index (χ3v) is 4.35. The molecule has 4 N–H and O–H groups in total. The van der Waals surface area contributed by atoms with E-state index in [1.165, 1.54) is 6.33 Å². The van der Waals surface area contributed by atoms with Crippen LogP contribution in [0.1, 0.15) is 18.9 Å². The van der Waals surface area contributed by atoms with Crippen molar-refractivity contribution in [3.05, 3.63) is 28.4 Å². The number of nitrogens with one attached hydrogen (secondary N) is 3. The number of H-pyrrole nitrogens is 2. The molecule has 0 aliphatic rings. The predicted octanol–water partition coefficient (Wildman–Crippen LogP) is 0.845. The molecule has 1 atom stereocenters. The quantitative estimate of drug-likeness (QED) is 0.542. The van der Waals surface area contributed by atoms with Gasteiger partial charge in [0.25, 0.3) is 5.56 Å². The number of aromatic amines is 2. The van der Waals surface area contributed by atoms with Crippen molar-refractivity contribution < 1.29 is 5.11 Å². The van der Waals surface area contributed by atoms with Gasteiger partial charge in [-0.2, -0.15) is 11.8 Å². The summed E-state index contributed by atoms with van der Waals surface area (Å²) in [6, 6.07) is 0.0542. The number of aromatic nitrogens is 3. The number of hydrogen-bond acceptors (Lipinski definition) is 5. The van der Waals surface area contributed by atoms with Crippen molar-refractivity contribution in [1.82, 2.24) is 20.3 Å². The Balaban J connectivity index is 1.98. The average Bonchev–Trinajstić information content (AvgIpc) is 2.87. The molecule has 0 aliphatic carbocycles. The van der Waals surface area contributed by atoms with Gasteiger partial charge in [0.05, 0.1) is 18.5 Å². The Bertz CT molecular complexity index is 595. The molecule has 0 saturated carbocycles. The Labute approximate surface area is 121 Å². The molecule has 1 unspecified atom stereocenters. The first kappa shape index (κ1) is 15.1. The van der Waals surface area contributed by atoms with Gasteiger partial charge in [0, 0.05) is 30.1 Å².